The van der Waals surface area contributed by atoms with Crippen LogP contribution in [-0.2, 0) is 14.3 Å². The predicted molar refractivity (Wildman–Crippen MR) is 136 cm³/mol. The molecule has 1 amide bonds. The Bertz CT molecular complexity index is 1240. The van der Waals surface area contributed by atoms with Crippen LogP contribution >= 0.6 is 11.3 Å². The first-order chi connectivity index (χ1) is 17.6. The van der Waals surface area contributed by atoms with Crippen molar-refractivity contribution in [2.75, 3.05) is 24.7 Å². The lowest BCUT2D eigenvalue weighted by Crippen LogP contribution is -2.52. The fourth-order valence-electron chi connectivity index (χ4n) is 5.87. The van der Waals surface area contributed by atoms with Crippen molar-refractivity contribution in [2.45, 2.75) is 57.7 Å². The van der Waals surface area contributed by atoms with Gasteiger partial charge >= 0.3 is 0 Å². The summed E-state index contributed by atoms with van der Waals surface area (Å²) in [4.78, 5) is 35.1. The van der Waals surface area contributed by atoms with Crippen LogP contribution in [0.2, 0.25) is 0 Å². The summed E-state index contributed by atoms with van der Waals surface area (Å²) >= 11 is 1.41. The molecule has 1 atom stereocenters. The number of carbonyl (C=O) groups is 2. The zero-order valence-corrected chi connectivity index (χ0v) is 21.2. The molecule has 6 rings (SSSR count). The third-order valence-corrected chi connectivity index (χ3v) is 9.12. The molecule has 1 aliphatic carbocycles. The number of anilines is 1. The molecule has 3 aliphatic rings. The third-order valence-electron chi connectivity index (χ3n) is 7.82. The second-order valence-corrected chi connectivity index (χ2v) is 11.0. The summed E-state index contributed by atoms with van der Waals surface area (Å²) in [5, 5.41) is 0.685. The van der Waals surface area contributed by atoms with Crippen LogP contribution in [0.3, 0.4) is 0 Å². The molecule has 36 heavy (non-hydrogen) atoms. The first-order valence-electron chi connectivity index (χ1n) is 12.8. The van der Waals surface area contributed by atoms with Crippen LogP contribution in [-0.4, -0.2) is 42.5 Å². The molecule has 4 heterocycles. The van der Waals surface area contributed by atoms with Crippen molar-refractivity contribution < 1.29 is 23.5 Å². The van der Waals surface area contributed by atoms with Gasteiger partial charge in [-0.05, 0) is 43.7 Å². The number of fused-ring (bicyclic) bond motifs is 1. The summed E-state index contributed by atoms with van der Waals surface area (Å²) in [5.41, 5.74) is 1.53. The number of ether oxygens (including phenoxy) is 2. The minimum atomic E-state index is -0.980. The molecule has 2 aliphatic heterocycles. The molecule has 1 saturated carbocycles. The van der Waals surface area contributed by atoms with E-state index in [-0.39, 0.29) is 23.9 Å². The van der Waals surface area contributed by atoms with E-state index in [4.69, 9.17) is 13.9 Å². The number of rotatable bonds is 6. The van der Waals surface area contributed by atoms with Crippen LogP contribution < -0.4 is 4.90 Å². The number of hydrogen-bond donors (Lipinski definition) is 0. The Hall–Kier alpha value is -2.81. The van der Waals surface area contributed by atoms with E-state index in [0.29, 0.717) is 49.1 Å². The molecule has 7 nitrogen and oxygen atoms in total. The molecule has 1 spiro atoms. The highest BCUT2D eigenvalue weighted by molar-refractivity contribution is 7.20. The molecule has 8 heteroatoms. The van der Waals surface area contributed by atoms with Gasteiger partial charge in [0.15, 0.2) is 5.78 Å². The molecule has 3 aromatic rings. The Labute approximate surface area is 214 Å². The van der Waals surface area contributed by atoms with E-state index in [0.717, 1.165) is 41.7 Å². The van der Waals surface area contributed by atoms with Gasteiger partial charge in [-0.3, -0.25) is 14.5 Å². The molecule has 1 aromatic carbocycles. The minimum absolute atomic E-state index is 0.0376. The topological polar surface area (TPSA) is 81.9 Å². The van der Waals surface area contributed by atoms with Crippen molar-refractivity contribution in [3.63, 3.8) is 0 Å². The lowest BCUT2D eigenvalue weighted by molar-refractivity contribution is -0.127. The number of Topliss-reactive ketones (excluding diaryl/α,β-unsaturated/α-hetero) is 1. The summed E-state index contributed by atoms with van der Waals surface area (Å²) in [5.74, 6) is 0.351. The van der Waals surface area contributed by atoms with Crippen LogP contribution in [0, 0.1) is 12.3 Å². The molecule has 1 unspecified atom stereocenters. The Morgan fingerprint density at radius 1 is 1.17 bits per heavy atom. The van der Waals surface area contributed by atoms with Gasteiger partial charge in [-0.15, -0.1) is 11.3 Å². The van der Waals surface area contributed by atoms with Crippen LogP contribution in [0.1, 0.15) is 66.1 Å². The van der Waals surface area contributed by atoms with Gasteiger partial charge in [0.25, 0.3) is 0 Å². The van der Waals surface area contributed by atoms with Crippen LogP contribution in [0.15, 0.2) is 47.2 Å². The Morgan fingerprint density at radius 3 is 2.61 bits per heavy atom. The first kappa shape index (κ1) is 23.6. The number of ketones is 1. The van der Waals surface area contributed by atoms with Crippen molar-refractivity contribution in [1.82, 2.24) is 4.98 Å². The van der Waals surface area contributed by atoms with Gasteiger partial charge in [0.2, 0.25) is 11.8 Å². The molecule has 0 radical (unpaired) electrons. The van der Waals surface area contributed by atoms with Gasteiger partial charge in [0.1, 0.15) is 22.8 Å². The Balaban J connectivity index is 1.43. The number of nitrogens with zero attached hydrogens (tertiary/aromatic N) is 2. The van der Waals surface area contributed by atoms with E-state index >= 15 is 0 Å². The van der Waals surface area contributed by atoms with Crippen molar-refractivity contribution in [3.05, 3.63) is 59.5 Å². The number of amides is 1. The van der Waals surface area contributed by atoms with E-state index < -0.39 is 5.41 Å². The van der Waals surface area contributed by atoms with E-state index in [9.17, 15) is 9.59 Å². The molecule has 2 aromatic heterocycles. The molecular weight excluding hydrogens is 476 g/mol. The van der Waals surface area contributed by atoms with Crippen molar-refractivity contribution in [3.8, 4) is 10.8 Å². The lowest BCUT2D eigenvalue weighted by Gasteiger charge is -2.40. The highest BCUT2D eigenvalue weighted by Crippen LogP contribution is 2.53. The van der Waals surface area contributed by atoms with Gasteiger partial charge in [0.05, 0.1) is 29.3 Å². The molecule has 0 bridgehead atoms. The Kier molecular flexibility index (Phi) is 6.27. The number of benzene rings is 1. The predicted octanol–water partition coefficient (Wildman–Crippen LogP) is 5.74. The largest absolute Gasteiger partial charge is 0.444 e. The maximum absolute atomic E-state index is 14.2. The second-order valence-electron chi connectivity index (χ2n) is 9.95. The lowest BCUT2D eigenvalue weighted by atomic mass is 9.74. The van der Waals surface area contributed by atoms with Gasteiger partial charge in [-0.1, -0.05) is 43.2 Å². The zero-order valence-electron chi connectivity index (χ0n) is 20.4. The normalized spacial score (nSPS) is 20.8. The Morgan fingerprint density at radius 2 is 1.92 bits per heavy atom. The van der Waals surface area contributed by atoms with Crippen LogP contribution in [0.5, 0.6) is 0 Å². The van der Waals surface area contributed by atoms with Gasteiger partial charge in [-0.2, -0.15) is 0 Å². The maximum atomic E-state index is 14.2. The average Bonchev–Trinajstić information content (AvgIpc) is 3.67. The quantitative estimate of drug-likeness (QED) is 0.397. The van der Waals surface area contributed by atoms with E-state index in [2.05, 4.69) is 4.98 Å². The zero-order chi connectivity index (χ0) is 24.7. The number of thiophene rings is 1. The standard InChI is InChI=1S/C28H30N2O5S/c1-18-22-24(31)28(11-5-6-12-28)27(32)30(26(22)36-23(18)25-29-13-16-34-25)17-21(19-7-3-2-4-8-19)35-20-9-14-33-15-10-20/h2-4,7-8,13,16,20-21H,5-6,9-12,14-15,17H2,1H3. The summed E-state index contributed by atoms with van der Waals surface area (Å²) in [7, 11) is 0. The van der Waals surface area contributed by atoms with E-state index in [1.165, 1.54) is 17.6 Å². The highest BCUT2D eigenvalue weighted by atomic mass is 32.1. The maximum Gasteiger partial charge on any atom is 0.241 e. The average molecular weight is 507 g/mol. The monoisotopic (exact) mass is 506 g/mol. The van der Waals surface area contributed by atoms with Crippen LogP contribution in [0.4, 0.5) is 5.00 Å². The fraction of sp³-hybridized carbons (Fsp3) is 0.464. The summed E-state index contributed by atoms with van der Waals surface area (Å²) < 4.78 is 17.8. The van der Waals surface area contributed by atoms with E-state index in [1.807, 2.05) is 42.2 Å². The molecular formula is C28H30N2O5S. The van der Waals surface area contributed by atoms with Gasteiger partial charge in [0, 0.05) is 13.2 Å². The van der Waals surface area contributed by atoms with E-state index in [1.54, 1.807) is 6.20 Å². The van der Waals surface area contributed by atoms with Crippen molar-refractivity contribution >= 4 is 28.0 Å². The molecule has 188 valence electrons. The van der Waals surface area contributed by atoms with Gasteiger partial charge in [-0.25, -0.2) is 4.98 Å². The van der Waals surface area contributed by atoms with Gasteiger partial charge < -0.3 is 13.9 Å². The number of hydrogen-bond acceptors (Lipinski definition) is 7. The first-order valence-corrected chi connectivity index (χ1v) is 13.6. The summed E-state index contributed by atoms with van der Waals surface area (Å²) in [6, 6.07) is 10.1. The number of carbonyl (C=O) groups excluding carboxylic acids is 2. The summed E-state index contributed by atoms with van der Waals surface area (Å²) in [6.07, 6.45) is 7.52. The van der Waals surface area contributed by atoms with Crippen LogP contribution in [0.25, 0.3) is 10.8 Å². The second kappa shape index (κ2) is 9.57. The molecule has 2 fully saturated rings. The van der Waals surface area contributed by atoms with Crippen molar-refractivity contribution in [1.29, 1.82) is 0 Å². The molecule has 1 saturated heterocycles. The fourth-order valence-corrected chi connectivity index (χ4v) is 7.12. The third kappa shape index (κ3) is 3.92. The minimum Gasteiger partial charge on any atom is -0.444 e. The SMILES string of the molecule is Cc1c(-c2ncco2)sc2c1C(=O)C1(CCCC1)C(=O)N2CC(OC1CCOCC1)c1ccccc1. The number of oxazole rings is 1. The summed E-state index contributed by atoms with van der Waals surface area (Å²) in [6.45, 7) is 3.66. The van der Waals surface area contributed by atoms with Crippen molar-refractivity contribution in [2.24, 2.45) is 5.41 Å². The molecule has 0 N–H and O–H groups in total. The highest BCUT2D eigenvalue weighted by Gasteiger charge is 2.56. The smallest absolute Gasteiger partial charge is 0.241 e. The number of aromatic nitrogens is 1.